The first-order valence-corrected chi connectivity index (χ1v) is 29.9. The summed E-state index contributed by atoms with van der Waals surface area (Å²) in [5.41, 5.74) is 0. The molecule has 0 aliphatic carbocycles. The highest BCUT2D eigenvalue weighted by molar-refractivity contribution is 7.77. The molecule has 0 saturated heterocycles. The molecule has 76 heavy (non-hydrogen) atoms. The second kappa shape index (κ2) is 25.7. The van der Waals surface area contributed by atoms with Gasteiger partial charge in [-0.1, -0.05) is 119 Å². The summed E-state index contributed by atoms with van der Waals surface area (Å²) < 4.78 is 56.3. The van der Waals surface area contributed by atoms with Gasteiger partial charge in [-0.05, 0) is 102 Å². The van der Waals surface area contributed by atoms with Gasteiger partial charge >= 0.3 is 11.9 Å². The first-order chi connectivity index (χ1) is 36.8. The summed E-state index contributed by atoms with van der Waals surface area (Å²) in [5, 5.41) is 50.5. The Morgan fingerprint density at radius 1 is 0.421 bits per heavy atom. The van der Waals surface area contributed by atoms with Gasteiger partial charge in [0.05, 0.1) is 25.3 Å². The molecule has 6 aromatic carbocycles. The molecule has 2 N–H and O–H groups in total. The SMILES string of the molecule is O=[N+]([O-])c1nccn1CC(O)CN(CCCCN(CCCN(CC(O)Cn1ccnc1[N+](=O)[O-])P(=O)(c1ccccc1)c1ccccc1)P(=O)(c1ccccc1)c1ccccc1)P(=O)(c1ccccc1)c1ccccc1. The number of hydrogen-bond acceptors (Lipinski definition) is 11. The second-order valence-electron chi connectivity index (χ2n) is 18.2. The molecule has 2 heterocycles. The molecule has 8 rings (SSSR count). The molecule has 0 fully saturated rings. The van der Waals surface area contributed by atoms with Crippen LogP contribution in [0.3, 0.4) is 0 Å². The van der Waals surface area contributed by atoms with Crippen molar-refractivity contribution >= 4 is 65.6 Å². The number of nitrogens with zero attached hydrogens (tertiary/aromatic N) is 9. The normalized spacial score (nSPS) is 13.0. The Morgan fingerprint density at radius 2 is 0.671 bits per heavy atom. The van der Waals surface area contributed by atoms with Gasteiger partial charge in [0.25, 0.3) is 0 Å². The van der Waals surface area contributed by atoms with Crippen molar-refractivity contribution in [3.05, 3.63) is 227 Å². The molecule has 21 heteroatoms. The third kappa shape index (κ3) is 12.6. The van der Waals surface area contributed by atoms with E-state index in [1.807, 2.05) is 114 Å². The fourth-order valence-electron chi connectivity index (χ4n) is 9.61. The van der Waals surface area contributed by atoms with Crippen LogP contribution >= 0.6 is 21.9 Å². The van der Waals surface area contributed by atoms with Crippen LogP contribution in [0.5, 0.6) is 0 Å². The van der Waals surface area contributed by atoms with E-state index in [0.29, 0.717) is 51.1 Å². The van der Waals surface area contributed by atoms with E-state index in [2.05, 4.69) is 9.97 Å². The van der Waals surface area contributed by atoms with Crippen LogP contribution in [0.4, 0.5) is 11.9 Å². The lowest BCUT2D eigenvalue weighted by atomic mass is 10.2. The highest BCUT2D eigenvalue weighted by atomic mass is 31.2. The minimum Gasteiger partial charge on any atom is -0.390 e. The quantitative estimate of drug-likeness (QED) is 0.0215. The van der Waals surface area contributed by atoms with Gasteiger partial charge in [-0.2, -0.15) is 0 Å². The van der Waals surface area contributed by atoms with Crippen LogP contribution in [0.25, 0.3) is 0 Å². The highest BCUT2D eigenvalue weighted by Crippen LogP contribution is 2.51. The fourth-order valence-corrected chi connectivity index (χ4v) is 18.4. The summed E-state index contributed by atoms with van der Waals surface area (Å²) in [5.74, 6) is -0.861. The minimum absolute atomic E-state index is 0.120. The van der Waals surface area contributed by atoms with E-state index in [1.54, 1.807) is 82.1 Å². The van der Waals surface area contributed by atoms with Crippen molar-refractivity contribution in [1.82, 2.24) is 33.1 Å². The van der Waals surface area contributed by atoms with Gasteiger partial charge < -0.3 is 30.4 Å². The van der Waals surface area contributed by atoms with Crippen molar-refractivity contribution in [3.63, 3.8) is 0 Å². The number of rotatable bonds is 28. The number of benzene rings is 6. The Labute approximate surface area is 441 Å². The second-order valence-corrected chi connectivity index (χ2v) is 26.4. The zero-order chi connectivity index (χ0) is 53.5. The zero-order valence-corrected chi connectivity index (χ0v) is 44.4. The van der Waals surface area contributed by atoms with Crippen molar-refractivity contribution in [2.75, 3.05) is 39.3 Å². The van der Waals surface area contributed by atoms with E-state index < -0.39 is 55.8 Å². The lowest BCUT2D eigenvalue weighted by molar-refractivity contribution is -0.397. The van der Waals surface area contributed by atoms with Crippen molar-refractivity contribution in [3.8, 4) is 0 Å². The van der Waals surface area contributed by atoms with Crippen LogP contribution in [0, 0.1) is 20.2 Å². The summed E-state index contributed by atoms with van der Waals surface area (Å²) in [6.07, 6.45) is 4.14. The molecule has 0 saturated carbocycles. The predicted molar refractivity (Wildman–Crippen MR) is 298 cm³/mol. The molecular weight excluding hydrogens is 1020 g/mol. The Kier molecular flexibility index (Phi) is 18.7. The first-order valence-electron chi connectivity index (χ1n) is 24.9. The standard InChI is InChI=1S/C55H60N9O9P3/c65-46(42-58-40-34-56-54(58)63(67)68)44-61(75(72,50-26-11-3-12-27-50)51-28-13-4-14-29-51)37-20-19-36-60(74(71,48-22-7-1-8-23-48)49-24-9-2-10-25-49)38-21-39-62(45-47(66)43-59-41-35-57-55(59)64(69)70)76(73,52-30-15-5-16-31-52)53-32-17-6-18-33-53/h1-18,22-35,40-41,46-47,65-66H,19-21,36-39,42-45H2. The van der Waals surface area contributed by atoms with Crippen LogP contribution in [-0.4, -0.2) is 105 Å². The molecule has 8 aromatic rings. The average molecular weight is 1080 g/mol. The smallest absolute Gasteiger partial charge is 0.390 e. The molecule has 0 aliphatic rings. The average Bonchev–Trinajstić information content (AvgIpc) is 4.16. The van der Waals surface area contributed by atoms with Gasteiger partial charge in [0.15, 0.2) is 0 Å². The van der Waals surface area contributed by atoms with E-state index in [-0.39, 0.29) is 52.4 Å². The summed E-state index contributed by atoms with van der Waals surface area (Å²) in [6.45, 7) is 0.207. The van der Waals surface area contributed by atoms with Gasteiger partial charge in [0.2, 0.25) is 21.9 Å². The summed E-state index contributed by atoms with van der Waals surface area (Å²) in [6, 6.07) is 54.6. The highest BCUT2D eigenvalue weighted by Gasteiger charge is 2.40. The molecule has 2 aromatic heterocycles. The molecule has 2 unspecified atom stereocenters. The van der Waals surface area contributed by atoms with Crippen LogP contribution in [0.15, 0.2) is 207 Å². The maximum atomic E-state index is 16.3. The Balaban J connectivity index is 1.12. The minimum atomic E-state index is -3.73. The third-order valence-electron chi connectivity index (χ3n) is 13.1. The first kappa shape index (κ1) is 55.3. The molecular formula is C55H60N9O9P3. The summed E-state index contributed by atoms with van der Waals surface area (Å²) in [7, 11) is -11.1. The number of unbranched alkanes of at least 4 members (excludes halogenated alkanes) is 1. The molecule has 0 amide bonds. The van der Waals surface area contributed by atoms with E-state index in [1.165, 1.54) is 33.9 Å². The maximum absolute atomic E-state index is 16.3. The van der Waals surface area contributed by atoms with Crippen molar-refractivity contribution in [2.45, 2.75) is 44.6 Å². The van der Waals surface area contributed by atoms with E-state index >= 15 is 13.7 Å². The maximum Gasteiger partial charge on any atom is 0.434 e. The van der Waals surface area contributed by atoms with Gasteiger partial charge in [-0.3, -0.25) is 13.7 Å². The van der Waals surface area contributed by atoms with Gasteiger partial charge in [-0.15, -0.1) is 0 Å². The number of hydrogen-bond donors (Lipinski definition) is 2. The fraction of sp³-hybridized carbons (Fsp3) is 0.236. The molecule has 0 aliphatic heterocycles. The van der Waals surface area contributed by atoms with Crippen LogP contribution in [0.1, 0.15) is 19.3 Å². The third-order valence-corrected chi connectivity index (χ3v) is 22.6. The summed E-state index contributed by atoms with van der Waals surface area (Å²) in [4.78, 5) is 30.1. The van der Waals surface area contributed by atoms with Crippen molar-refractivity contribution < 1.29 is 33.8 Å². The predicted octanol–water partition coefficient (Wildman–Crippen LogP) is 7.18. The van der Waals surface area contributed by atoms with E-state index in [0.717, 1.165) is 0 Å². The Morgan fingerprint density at radius 3 is 0.961 bits per heavy atom. The van der Waals surface area contributed by atoms with Crippen LogP contribution in [0.2, 0.25) is 0 Å². The molecule has 0 spiro atoms. The van der Waals surface area contributed by atoms with Crippen LogP contribution < -0.4 is 31.8 Å². The van der Waals surface area contributed by atoms with E-state index in [9.17, 15) is 30.4 Å². The zero-order valence-electron chi connectivity index (χ0n) is 41.7. The largest absolute Gasteiger partial charge is 0.434 e. The topological polar surface area (TPSA) is 223 Å². The molecule has 0 bridgehead atoms. The monoisotopic (exact) mass is 1080 g/mol. The number of aliphatic hydroxyl groups is 2. The van der Waals surface area contributed by atoms with Crippen molar-refractivity contribution in [1.29, 1.82) is 0 Å². The van der Waals surface area contributed by atoms with Crippen molar-refractivity contribution in [2.24, 2.45) is 0 Å². The Bertz CT molecular complexity index is 3140. The molecule has 0 radical (unpaired) electrons. The van der Waals surface area contributed by atoms with Gasteiger partial charge in [0, 0.05) is 71.1 Å². The number of aromatic nitrogens is 4. The molecule has 2 atom stereocenters. The van der Waals surface area contributed by atoms with E-state index in [4.69, 9.17) is 0 Å². The van der Waals surface area contributed by atoms with Crippen LogP contribution in [-0.2, 0) is 26.8 Å². The molecule has 394 valence electrons. The Hall–Kier alpha value is -6.97. The van der Waals surface area contributed by atoms with Gasteiger partial charge in [0.1, 0.15) is 24.8 Å². The number of imidazole rings is 2. The number of nitro groups is 2. The molecule has 18 nitrogen and oxygen atoms in total. The summed E-state index contributed by atoms with van der Waals surface area (Å²) >= 11 is 0. The van der Waals surface area contributed by atoms with Gasteiger partial charge in [-0.25, -0.2) is 23.1 Å². The number of aliphatic hydroxyl groups excluding tert-OH is 2. The lowest BCUT2D eigenvalue weighted by Gasteiger charge is -2.36. The lowest BCUT2D eigenvalue weighted by Crippen LogP contribution is -2.41.